The van der Waals surface area contributed by atoms with Gasteiger partial charge in [0.25, 0.3) is 10.1 Å². The predicted molar refractivity (Wildman–Crippen MR) is 69.4 cm³/mol. The molecule has 0 aliphatic rings. The number of pyridine rings is 1. The van der Waals surface area contributed by atoms with E-state index in [4.69, 9.17) is 4.55 Å². The van der Waals surface area contributed by atoms with Gasteiger partial charge in [-0.1, -0.05) is 30.3 Å². The van der Waals surface area contributed by atoms with Gasteiger partial charge in [-0.05, 0) is 29.8 Å². The summed E-state index contributed by atoms with van der Waals surface area (Å²) in [6.45, 7) is 0. The van der Waals surface area contributed by atoms with Crippen LogP contribution in [0, 0.1) is 0 Å². The van der Waals surface area contributed by atoms with Crippen LogP contribution in [0.2, 0.25) is 0 Å². The molecule has 0 saturated carbocycles. The highest BCUT2D eigenvalue weighted by Crippen LogP contribution is 2.17. The van der Waals surface area contributed by atoms with Crippen molar-refractivity contribution in [1.82, 2.24) is 4.98 Å². The van der Waals surface area contributed by atoms with E-state index in [9.17, 15) is 8.42 Å². The van der Waals surface area contributed by atoms with Gasteiger partial charge in [0, 0.05) is 6.20 Å². The smallest absolute Gasteiger partial charge is 0.282 e. The Morgan fingerprint density at radius 2 is 1.72 bits per heavy atom. The maximum Gasteiger partial charge on any atom is 0.295 e. The summed E-state index contributed by atoms with van der Waals surface area (Å²) in [5, 5.41) is 0. The molecule has 0 unspecified atom stereocenters. The Morgan fingerprint density at radius 3 is 2.39 bits per heavy atom. The molecule has 1 aromatic carbocycles. The molecule has 1 heterocycles. The molecule has 92 valence electrons. The third-order valence-electron chi connectivity index (χ3n) is 2.32. The third kappa shape index (κ3) is 3.03. The Balaban J connectivity index is 2.39. The molecule has 0 amide bonds. The maximum absolute atomic E-state index is 11.2. The molecule has 0 radical (unpaired) electrons. The number of aromatic nitrogens is 1. The Hall–Kier alpha value is -1.98. The maximum atomic E-state index is 11.2. The van der Waals surface area contributed by atoms with Crippen molar-refractivity contribution >= 4 is 22.3 Å². The van der Waals surface area contributed by atoms with Gasteiger partial charge >= 0.3 is 0 Å². The molecule has 0 aliphatic heterocycles. The van der Waals surface area contributed by atoms with E-state index < -0.39 is 10.1 Å². The van der Waals surface area contributed by atoms with Gasteiger partial charge in [-0.2, -0.15) is 8.42 Å². The van der Waals surface area contributed by atoms with Crippen molar-refractivity contribution in [3.8, 4) is 0 Å². The van der Waals surface area contributed by atoms with E-state index in [-0.39, 0.29) is 4.90 Å². The first-order chi connectivity index (χ1) is 8.57. The molecule has 1 N–H and O–H groups in total. The van der Waals surface area contributed by atoms with Crippen LogP contribution in [0.4, 0.5) is 0 Å². The monoisotopic (exact) mass is 261 g/mol. The zero-order valence-corrected chi connectivity index (χ0v) is 10.2. The SMILES string of the molecule is O=S(=O)(O)c1ccccc1/C=C/c1ccccn1. The number of hydrogen-bond acceptors (Lipinski definition) is 3. The van der Waals surface area contributed by atoms with Crippen molar-refractivity contribution in [3.63, 3.8) is 0 Å². The molecule has 5 heteroatoms. The highest BCUT2D eigenvalue weighted by atomic mass is 32.2. The third-order valence-corrected chi connectivity index (χ3v) is 3.25. The quantitative estimate of drug-likeness (QED) is 0.862. The summed E-state index contributed by atoms with van der Waals surface area (Å²) in [6, 6.07) is 11.7. The van der Waals surface area contributed by atoms with Crippen LogP contribution in [-0.4, -0.2) is 18.0 Å². The van der Waals surface area contributed by atoms with Gasteiger partial charge < -0.3 is 0 Å². The van der Waals surface area contributed by atoms with Crippen molar-refractivity contribution < 1.29 is 13.0 Å². The molecule has 4 nitrogen and oxygen atoms in total. The van der Waals surface area contributed by atoms with Crippen LogP contribution >= 0.6 is 0 Å². The lowest BCUT2D eigenvalue weighted by Gasteiger charge is -2.01. The van der Waals surface area contributed by atoms with E-state index in [0.717, 1.165) is 0 Å². The fourth-order valence-corrected chi connectivity index (χ4v) is 2.19. The highest BCUT2D eigenvalue weighted by molar-refractivity contribution is 7.85. The summed E-state index contributed by atoms with van der Waals surface area (Å²) in [6.07, 6.45) is 4.93. The molecule has 1 aromatic heterocycles. The lowest BCUT2D eigenvalue weighted by molar-refractivity contribution is 0.483. The van der Waals surface area contributed by atoms with Crippen LogP contribution in [0.3, 0.4) is 0 Å². The van der Waals surface area contributed by atoms with Crippen molar-refractivity contribution in [2.24, 2.45) is 0 Å². The zero-order chi connectivity index (χ0) is 13.0. The standard InChI is InChI=1S/C13H11NO3S/c15-18(16,17)13-7-2-1-5-11(13)8-9-12-6-3-4-10-14-12/h1-10H,(H,15,16,17)/b9-8+. The zero-order valence-electron chi connectivity index (χ0n) is 9.39. The minimum Gasteiger partial charge on any atom is -0.282 e. The molecule has 0 bridgehead atoms. The number of benzene rings is 1. The van der Waals surface area contributed by atoms with Crippen LogP contribution in [0.1, 0.15) is 11.3 Å². The van der Waals surface area contributed by atoms with Gasteiger partial charge in [0.05, 0.1) is 5.69 Å². The molecule has 2 aromatic rings. The van der Waals surface area contributed by atoms with Crippen molar-refractivity contribution in [2.75, 3.05) is 0 Å². The van der Waals surface area contributed by atoms with Crippen molar-refractivity contribution in [2.45, 2.75) is 4.90 Å². The molecule has 0 spiro atoms. The summed E-state index contributed by atoms with van der Waals surface area (Å²) in [5.74, 6) is 0. The predicted octanol–water partition coefficient (Wildman–Crippen LogP) is 2.50. The average Bonchev–Trinajstić information content (AvgIpc) is 2.37. The molecule has 2 rings (SSSR count). The number of rotatable bonds is 3. The van der Waals surface area contributed by atoms with Crippen LogP contribution < -0.4 is 0 Å². The van der Waals surface area contributed by atoms with Gasteiger partial charge in [0.2, 0.25) is 0 Å². The minimum atomic E-state index is -4.21. The Labute approximate surface area is 105 Å². The lowest BCUT2D eigenvalue weighted by atomic mass is 10.2. The number of hydrogen-bond donors (Lipinski definition) is 1. The van der Waals surface area contributed by atoms with Crippen LogP contribution in [-0.2, 0) is 10.1 Å². The molecule has 0 fully saturated rings. The summed E-state index contributed by atoms with van der Waals surface area (Å²) < 4.78 is 31.4. The second-order valence-corrected chi connectivity index (χ2v) is 4.99. The van der Waals surface area contributed by atoms with Gasteiger partial charge in [-0.15, -0.1) is 0 Å². The molecular formula is C13H11NO3S. The summed E-state index contributed by atoms with van der Waals surface area (Å²) in [5.41, 5.74) is 1.13. The van der Waals surface area contributed by atoms with Gasteiger partial charge in [0.15, 0.2) is 0 Å². The van der Waals surface area contributed by atoms with E-state index >= 15 is 0 Å². The fourth-order valence-electron chi connectivity index (χ4n) is 1.50. The Morgan fingerprint density at radius 1 is 1.00 bits per heavy atom. The Kier molecular flexibility index (Phi) is 3.55. The second-order valence-electron chi connectivity index (χ2n) is 3.60. The first-order valence-electron chi connectivity index (χ1n) is 5.23. The molecule has 18 heavy (non-hydrogen) atoms. The first kappa shape index (κ1) is 12.5. The topological polar surface area (TPSA) is 67.3 Å². The largest absolute Gasteiger partial charge is 0.295 e. The fraction of sp³-hybridized carbons (Fsp3) is 0. The van der Waals surface area contributed by atoms with E-state index in [1.54, 1.807) is 48.7 Å². The first-order valence-corrected chi connectivity index (χ1v) is 6.67. The van der Waals surface area contributed by atoms with E-state index in [2.05, 4.69) is 4.98 Å². The van der Waals surface area contributed by atoms with Crippen molar-refractivity contribution in [3.05, 3.63) is 59.9 Å². The Bertz CT molecular complexity index is 664. The van der Waals surface area contributed by atoms with E-state index in [1.807, 2.05) is 6.07 Å². The molecule has 0 saturated heterocycles. The average molecular weight is 261 g/mol. The van der Waals surface area contributed by atoms with Gasteiger partial charge in [-0.25, -0.2) is 0 Å². The molecular weight excluding hydrogens is 250 g/mol. The normalized spacial score (nSPS) is 11.8. The second kappa shape index (κ2) is 5.12. The van der Waals surface area contributed by atoms with Crippen LogP contribution in [0.5, 0.6) is 0 Å². The minimum absolute atomic E-state index is 0.114. The highest BCUT2D eigenvalue weighted by Gasteiger charge is 2.12. The van der Waals surface area contributed by atoms with E-state index in [0.29, 0.717) is 11.3 Å². The summed E-state index contributed by atoms with van der Waals surface area (Å²) >= 11 is 0. The summed E-state index contributed by atoms with van der Waals surface area (Å²) in [4.78, 5) is 3.97. The van der Waals surface area contributed by atoms with Crippen molar-refractivity contribution in [1.29, 1.82) is 0 Å². The lowest BCUT2D eigenvalue weighted by Crippen LogP contribution is -2.00. The summed E-state index contributed by atoms with van der Waals surface area (Å²) in [7, 11) is -4.21. The van der Waals surface area contributed by atoms with Crippen LogP contribution in [0.15, 0.2) is 53.6 Å². The van der Waals surface area contributed by atoms with Gasteiger partial charge in [-0.3, -0.25) is 9.54 Å². The number of nitrogens with zero attached hydrogens (tertiary/aromatic N) is 1. The molecule has 0 atom stereocenters. The molecule has 0 aliphatic carbocycles. The van der Waals surface area contributed by atoms with Gasteiger partial charge in [0.1, 0.15) is 4.90 Å². The van der Waals surface area contributed by atoms with E-state index in [1.165, 1.54) is 6.07 Å². The van der Waals surface area contributed by atoms with Crippen LogP contribution in [0.25, 0.3) is 12.2 Å².